The predicted octanol–water partition coefficient (Wildman–Crippen LogP) is 4.95. The highest BCUT2D eigenvalue weighted by atomic mass is 16.6. The third-order valence-corrected chi connectivity index (χ3v) is 6.02. The number of alkyl carbamates (subject to hydrolysis) is 1. The fraction of sp³-hybridized carbons (Fsp3) is 0.571. The van der Waals surface area contributed by atoms with Gasteiger partial charge in [-0.2, -0.15) is 0 Å². The molecule has 0 unspecified atom stereocenters. The lowest BCUT2D eigenvalue weighted by Crippen LogP contribution is -2.40. The molecule has 0 bridgehead atoms. The summed E-state index contributed by atoms with van der Waals surface area (Å²) in [5.41, 5.74) is 5.87. The maximum Gasteiger partial charge on any atom is 0.407 e. The SMILES string of the molecule is CCCCC1=Cc2ccc([C@H]3CC[C@]4(COC(=O)N4)C3)cc2CC1. The van der Waals surface area contributed by atoms with Gasteiger partial charge in [0.1, 0.15) is 6.61 Å². The van der Waals surface area contributed by atoms with Crippen molar-refractivity contribution in [3.63, 3.8) is 0 Å². The molecule has 1 aromatic rings. The van der Waals surface area contributed by atoms with E-state index < -0.39 is 0 Å². The highest BCUT2D eigenvalue weighted by molar-refractivity contribution is 5.71. The summed E-state index contributed by atoms with van der Waals surface area (Å²) in [4.78, 5) is 11.4. The Bertz CT molecular complexity index is 678. The smallest absolute Gasteiger partial charge is 0.407 e. The van der Waals surface area contributed by atoms with E-state index >= 15 is 0 Å². The topological polar surface area (TPSA) is 38.3 Å². The highest BCUT2D eigenvalue weighted by Crippen LogP contribution is 2.43. The van der Waals surface area contributed by atoms with E-state index in [1.54, 1.807) is 5.57 Å². The lowest BCUT2D eigenvalue weighted by atomic mass is 9.86. The molecule has 1 saturated carbocycles. The molecule has 3 aliphatic rings. The van der Waals surface area contributed by atoms with E-state index in [1.165, 1.54) is 48.8 Å². The Morgan fingerprint density at radius 1 is 1.33 bits per heavy atom. The van der Waals surface area contributed by atoms with Crippen LogP contribution >= 0.6 is 0 Å². The normalized spacial score (nSPS) is 28.5. The fourth-order valence-corrected chi connectivity index (χ4v) is 4.57. The van der Waals surface area contributed by atoms with Crippen molar-refractivity contribution < 1.29 is 9.53 Å². The number of benzene rings is 1. The molecule has 3 heteroatoms. The van der Waals surface area contributed by atoms with Crippen LogP contribution in [0.2, 0.25) is 0 Å². The molecule has 1 aromatic carbocycles. The second-order valence-electron chi connectivity index (χ2n) is 7.79. The first-order valence-corrected chi connectivity index (χ1v) is 9.45. The number of hydrogen-bond donors (Lipinski definition) is 1. The second kappa shape index (κ2) is 6.27. The Kier molecular flexibility index (Phi) is 4.11. The van der Waals surface area contributed by atoms with Gasteiger partial charge in [0.25, 0.3) is 0 Å². The van der Waals surface area contributed by atoms with Crippen LogP contribution in [-0.2, 0) is 11.2 Å². The van der Waals surface area contributed by atoms with Gasteiger partial charge in [-0.25, -0.2) is 4.79 Å². The number of ether oxygens (including phenoxy) is 1. The monoisotopic (exact) mass is 325 g/mol. The number of allylic oxidation sites excluding steroid dienone is 1. The summed E-state index contributed by atoms with van der Waals surface area (Å²) in [6, 6.07) is 7.04. The zero-order valence-electron chi connectivity index (χ0n) is 14.6. The number of carbonyl (C=O) groups is 1. The molecule has 24 heavy (non-hydrogen) atoms. The molecule has 1 heterocycles. The van der Waals surface area contributed by atoms with Crippen molar-refractivity contribution in [2.75, 3.05) is 6.61 Å². The maximum atomic E-state index is 11.4. The van der Waals surface area contributed by atoms with Gasteiger partial charge in [0.05, 0.1) is 5.54 Å². The Morgan fingerprint density at radius 3 is 3.04 bits per heavy atom. The molecule has 3 nitrogen and oxygen atoms in total. The van der Waals surface area contributed by atoms with Crippen LogP contribution in [0.1, 0.15) is 74.5 Å². The third kappa shape index (κ3) is 2.97. The molecule has 1 aliphatic heterocycles. The minimum Gasteiger partial charge on any atom is -0.447 e. The molecule has 2 fully saturated rings. The van der Waals surface area contributed by atoms with E-state index in [9.17, 15) is 4.79 Å². The quantitative estimate of drug-likeness (QED) is 0.850. The van der Waals surface area contributed by atoms with Crippen LogP contribution in [0, 0.1) is 0 Å². The standard InChI is InChI=1S/C21H27NO2/c1-2-3-4-15-5-6-17-12-18(8-7-16(17)11-15)19-9-10-21(13-19)14-24-20(23)22-21/h7-8,11-12,19H,2-6,9-10,13-14H2,1H3,(H,22,23)/t19-,21+/m0/s1. The molecule has 1 saturated heterocycles. The van der Waals surface area contributed by atoms with Crippen molar-refractivity contribution in [2.24, 2.45) is 0 Å². The average molecular weight is 325 g/mol. The van der Waals surface area contributed by atoms with Crippen LogP contribution in [0.3, 0.4) is 0 Å². The van der Waals surface area contributed by atoms with Crippen molar-refractivity contribution in [2.45, 2.75) is 69.7 Å². The highest BCUT2D eigenvalue weighted by Gasteiger charge is 2.45. The van der Waals surface area contributed by atoms with Gasteiger partial charge in [-0.05, 0) is 67.6 Å². The van der Waals surface area contributed by atoms with Gasteiger partial charge in [0.15, 0.2) is 0 Å². The second-order valence-corrected chi connectivity index (χ2v) is 7.79. The molecule has 2 aliphatic carbocycles. The first kappa shape index (κ1) is 15.7. The Balaban J connectivity index is 1.49. The number of hydrogen-bond acceptors (Lipinski definition) is 2. The van der Waals surface area contributed by atoms with Crippen molar-refractivity contribution >= 4 is 12.2 Å². The minimum absolute atomic E-state index is 0.106. The molecule has 128 valence electrons. The van der Waals surface area contributed by atoms with E-state index in [0.717, 1.165) is 19.3 Å². The number of unbranched alkanes of at least 4 members (excludes halogenated alkanes) is 1. The zero-order valence-corrected chi connectivity index (χ0v) is 14.6. The summed E-state index contributed by atoms with van der Waals surface area (Å²) >= 11 is 0. The lowest BCUT2D eigenvalue weighted by molar-refractivity contribution is 0.172. The van der Waals surface area contributed by atoms with Crippen molar-refractivity contribution in [1.29, 1.82) is 0 Å². The van der Waals surface area contributed by atoms with E-state index in [1.807, 2.05) is 0 Å². The van der Waals surface area contributed by atoms with Crippen LogP contribution in [0.5, 0.6) is 0 Å². The molecular formula is C21H27NO2. The molecule has 4 rings (SSSR count). The first-order chi connectivity index (χ1) is 11.7. The Labute approximate surface area is 144 Å². The fourth-order valence-electron chi connectivity index (χ4n) is 4.57. The van der Waals surface area contributed by atoms with Gasteiger partial charge in [0, 0.05) is 0 Å². The van der Waals surface area contributed by atoms with E-state index in [0.29, 0.717) is 12.5 Å². The van der Waals surface area contributed by atoms with E-state index in [2.05, 4.69) is 36.5 Å². The van der Waals surface area contributed by atoms with Gasteiger partial charge >= 0.3 is 6.09 Å². The summed E-state index contributed by atoms with van der Waals surface area (Å²) in [7, 11) is 0. The molecular weight excluding hydrogens is 298 g/mol. The van der Waals surface area contributed by atoms with E-state index in [-0.39, 0.29) is 11.6 Å². The molecule has 1 N–H and O–H groups in total. The molecule has 1 spiro atoms. The van der Waals surface area contributed by atoms with Crippen LogP contribution < -0.4 is 5.32 Å². The molecule has 1 amide bonds. The van der Waals surface area contributed by atoms with Crippen molar-refractivity contribution in [1.82, 2.24) is 5.32 Å². The number of rotatable bonds is 4. The number of amides is 1. The number of aryl methyl sites for hydroxylation is 1. The number of fused-ring (bicyclic) bond motifs is 1. The van der Waals surface area contributed by atoms with Crippen molar-refractivity contribution in [3.05, 3.63) is 40.5 Å². The van der Waals surface area contributed by atoms with Crippen LogP contribution in [0.4, 0.5) is 4.79 Å². The molecule has 0 radical (unpaired) electrons. The Hall–Kier alpha value is -1.77. The number of carbonyl (C=O) groups excluding carboxylic acids is 1. The van der Waals surface area contributed by atoms with E-state index in [4.69, 9.17) is 4.74 Å². The molecule has 0 aromatic heterocycles. The van der Waals surface area contributed by atoms with Gasteiger partial charge in [-0.1, -0.05) is 43.2 Å². The largest absolute Gasteiger partial charge is 0.447 e. The minimum atomic E-state index is -0.245. The van der Waals surface area contributed by atoms with Gasteiger partial charge in [-0.3, -0.25) is 0 Å². The van der Waals surface area contributed by atoms with Gasteiger partial charge < -0.3 is 10.1 Å². The summed E-state index contributed by atoms with van der Waals surface area (Å²) in [5.74, 6) is 0.544. The third-order valence-electron chi connectivity index (χ3n) is 6.02. The summed E-state index contributed by atoms with van der Waals surface area (Å²) in [6.07, 6.45) is 11.6. The zero-order chi connectivity index (χ0) is 16.6. The average Bonchev–Trinajstić information content (AvgIpc) is 3.18. The Morgan fingerprint density at radius 2 is 2.25 bits per heavy atom. The van der Waals surface area contributed by atoms with Crippen LogP contribution in [0.15, 0.2) is 23.8 Å². The first-order valence-electron chi connectivity index (χ1n) is 9.45. The van der Waals surface area contributed by atoms with Gasteiger partial charge in [0.2, 0.25) is 0 Å². The lowest BCUT2D eigenvalue weighted by Gasteiger charge is -2.21. The van der Waals surface area contributed by atoms with Crippen molar-refractivity contribution in [3.8, 4) is 0 Å². The summed E-state index contributed by atoms with van der Waals surface area (Å²) in [5, 5.41) is 3.05. The summed E-state index contributed by atoms with van der Waals surface area (Å²) in [6.45, 7) is 2.80. The van der Waals surface area contributed by atoms with Crippen LogP contribution in [-0.4, -0.2) is 18.2 Å². The maximum absolute atomic E-state index is 11.4. The number of nitrogens with one attached hydrogen (secondary N) is 1. The molecule has 2 atom stereocenters. The number of cyclic esters (lactones) is 1. The van der Waals surface area contributed by atoms with Crippen LogP contribution in [0.25, 0.3) is 6.08 Å². The van der Waals surface area contributed by atoms with Gasteiger partial charge in [-0.15, -0.1) is 0 Å². The summed E-state index contributed by atoms with van der Waals surface area (Å²) < 4.78 is 5.15. The predicted molar refractivity (Wildman–Crippen MR) is 96.1 cm³/mol.